The summed E-state index contributed by atoms with van der Waals surface area (Å²) in [5.74, 6) is 0.182. The lowest BCUT2D eigenvalue weighted by Crippen LogP contribution is -2.30. The Kier molecular flexibility index (Phi) is 62.4. The Morgan fingerprint density at radius 3 is 0.739 bits per heavy atom. The first-order valence-corrected chi connectivity index (χ1v) is 40.8. The van der Waals surface area contributed by atoms with Crippen molar-refractivity contribution in [1.29, 1.82) is 0 Å². The molecule has 5 atom stereocenters. The van der Waals surface area contributed by atoms with Gasteiger partial charge in [-0.3, -0.25) is 37.3 Å². The lowest BCUT2D eigenvalue weighted by atomic mass is 10.0. The minimum Gasteiger partial charge on any atom is -0.462 e. The van der Waals surface area contributed by atoms with Crippen molar-refractivity contribution in [3.8, 4) is 0 Å². The second-order valence-electron chi connectivity index (χ2n) is 27.8. The molecule has 0 radical (unpaired) electrons. The van der Waals surface area contributed by atoms with E-state index in [2.05, 4.69) is 48.5 Å². The van der Waals surface area contributed by atoms with E-state index in [-0.39, 0.29) is 25.7 Å². The molecule has 0 saturated heterocycles. The summed E-state index contributed by atoms with van der Waals surface area (Å²) in [6.45, 7) is 11.8. The average Bonchev–Trinajstić information content (AvgIpc) is 1.54. The molecule has 0 aliphatic rings. The minimum absolute atomic E-state index is 0.104. The molecule has 3 N–H and O–H groups in total. The van der Waals surface area contributed by atoms with Gasteiger partial charge in [0, 0.05) is 25.7 Å². The summed E-state index contributed by atoms with van der Waals surface area (Å²) in [4.78, 5) is 72.5. The van der Waals surface area contributed by atoms with Gasteiger partial charge in [-0.25, -0.2) is 9.13 Å². The number of carbonyl (C=O) groups excluding carboxylic acids is 4. The van der Waals surface area contributed by atoms with Crippen LogP contribution in [0.15, 0.2) is 0 Å². The highest BCUT2D eigenvalue weighted by Crippen LogP contribution is 2.45. The molecule has 0 fully saturated rings. The van der Waals surface area contributed by atoms with Crippen LogP contribution in [0.3, 0.4) is 0 Å². The maximum absolute atomic E-state index is 13.1. The van der Waals surface area contributed by atoms with Crippen molar-refractivity contribution >= 4 is 39.5 Å². The van der Waals surface area contributed by atoms with Gasteiger partial charge in [0.25, 0.3) is 0 Å². The number of ether oxygens (including phenoxy) is 4. The van der Waals surface area contributed by atoms with Crippen LogP contribution in [-0.4, -0.2) is 96.7 Å². The van der Waals surface area contributed by atoms with Crippen LogP contribution in [0.1, 0.15) is 370 Å². The number of hydrogen-bond donors (Lipinski definition) is 3. The lowest BCUT2D eigenvalue weighted by molar-refractivity contribution is -0.161. The molecule has 0 bridgehead atoms. The van der Waals surface area contributed by atoms with E-state index in [1.807, 2.05) is 0 Å². The SMILES string of the molecule is CCCCCCCCCC(=O)OC[C@H](COP(=O)(O)OC[C@H](O)COP(=O)(O)OC[C@@H](COC(=O)CCCCCCCCCCCCCCC(C)C)OC(=O)CCCCCCCCCCCCCCCCCCC(C)C)OC(=O)CCCCCCCCCCC(C)C. The van der Waals surface area contributed by atoms with Gasteiger partial charge in [-0.05, 0) is 43.4 Å². The van der Waals surface area contributed by atoms with E-state index in [0.717, 1.165) is 120 Å². The molecular formula is C73H142O17P2. The van der Waals surface area contributed by atoms with E-state index >= 15 is 0 Å². The molecule has 546 valence electrons. The van der Waals surface area contributed by atoms with Crippen LogP contribution in [0.4, 0.5) is 0 Å². The smallest absolute Gasteiger partial charge is 0.462 e. The zero-order chi connectivity index (χ0) is 68.0. The van der Waals surface area contributed by atoms with Crippen molar-refractivity contribution in [2.24, 2.45) is 17.8 Å². The van der Waals surface area contributed by atoms with Crippen molar-refractivity contribution in [3.63, 3.8) is 0 Å². The Morgan fingerprint density at radius 2 is 0.500 bits per heavy atom. The number of phosphoric acid groups is 2. The molecule has 19 heteroatoms. The predicted octanol–water partition coefficient (Wildman–Crippen LogP) is 21.0. The van der Waals surface area contributed by atoms with E-state index in [0.29, 0.717) is 25.7 Å². The first-order chi connectivity index (χ1) is 44.2. The topological polar surface area (TPSA) is 237 Å². The third-order valence-corrected chi connectivity index (χ3v) is 18.8. The van der Waals surface area contributed by atoms with E-state index in [1.165, 1.54) is 167 Å². The maximum atomic E-state index is 13.1. The summed E-state index contributed by atoms with van der Waals surface area (Å²) in [5.41, 5.74) is 0. The van der Waals surface area contributed by atoms with Gasteiger partial charge in [-0.1, -0.05) is 318 Å². The van der Waals surface area contributed by atoms with Crippen molar-refractivity contribution < 1.29 is 80.2 Å². The largest absolute Gasteiger partial charge is 0.472 e. The molecule has 0 aromatic rings. The van der Waals surface area contributed by atoms with Crippen LogP contribution < -0.4 is 0 Å². The molecule has 0 aromatic carbocycles. The average molecular weight is 1350 g/mol. The summed E-state index contributed by atoms with van der Waals surface area (Å²) in [6, 6.07) is 0. The third kappa shape index (κ3) is 66.7. The van der Waals surface area contributed by atoms with Gasteiger partial charge < -0.3 is 33.8 Å². The zero-order valence-corrected chi connectivity index (χ0v) is 61.8. The Balaban J connectivity index is 5.19. The molecule has 0 amide bonds. The number of hydrogen-bond acceptors (Lipinski definition) is 15. The maximum Gasteiger partial charge on any atom is 0.472 e. The highest BCUT2D eigenvalue weighted by Gasteiger charge is 2.30. The van der Waals surface area contributed by atoms with Crippen molar-refractivity contribution in [2.75, 3.05) is 39.6 Å². The fourth-order valence-electron chi connectivity index (χ4n) is 11.1. The number of phosphoric ester groups is 2. The number of rotatable bonds is 71. The Labute approximate surface area is 562 Å². The van der Waals surface area contributed by atoms with Crippen LogP contribution in [0.25, 0.3) is 0 Å². The van der Waals surface area contributed by atoms with Gasteiger partial charge in [0.15, 0.2) is 12.2 Å². The highest BCUT2D eigenvalue weighted by molar-refractivity contribution is 7.47. The Morgan fingerprint density at radius 1 is 0.293 bits per heavy atom. The van der Waals surface area contributed by atoms with Gasteiger partial charge in [0.1, 0.15) is 19.3 Å². The minimum atomic E-state index is -4.95. The summed E-state index contributed by atoms with van der Waals surface area (Å²) >= 11 is 0. The number of aliphatic hydroxyl groups is 1. The molecule has 17 nitrogen and oxygen atoms in total. The first-order valence-electron chi connectivity index (χ1n) is 37.8. The molecule has 92 heavy (non-hydrogen) atoms. The van der Waals surface area contributed by atoms with Crippen LogP contribution in [0.5, 0.6) is 0 Å². The zero-order valence-electron chi connectivity index (χ0n) is 60.0. The quantitative estimate of drug-likeness (QED) is 0.0222. The van der Waals surface area contributed by atoms with Gasteiger partial charge in [0.2, 0.25) is 0 Å². The molecule has 0 aromatic heterocycles. The molecule has 0 saturated carbocycles. The second-order valence-corrected chi connectivity index (χ2v) is 30.7. The van der Waals surface area contributed by atoms with Gasteiger partial charge in [0.05, 0.1) is 26.4 Å². The Bertz CT molecular complexity index is 1800. The van der Waals surface area contributed by atoms with E-state index in [9.17, 15) is 43.2 Å². The third-order valence-electron chi connectivity index (χ3n) is 16.9. The summed E-state index contributed by atoms with van der Waals surface area (Å²) in [6.07, 6.45) is 48.8. The predicted molar refractivity (Wildman–Crippen MR) is 372 cm³/mol. The van der Waals surface area contributed by atoms with E-state index in [4.69, 9.17) is 37.0 Å². The molecule has 0 rings (SSSR count). The molecule has 0 spiro atoms. The fraction of sp³-hybridized carbons (Fsp3) is 0.945. The number of esters is 4. The fourth-order valence-corrected chi connectivity index (χ4v) is 12.7. The first kappa shape index (κ1) is 90.1. The van der Waals surface area contributed by atoms with Gasteiger partial charge in [-0.2, -0.15) is 0 Å². The van der Waals surface area contributed by atoms with Crippen molar-refractivity contribution in [2.45, 2.75) is 388 Å². The Hall–Kier alpha value is -1.94. The molecular weight excluding hydrogens is 1210 g/mol. The van der Waals surface area contributed by atoms with Gasteiger partial charge in [-0.15, -0.1) is 0 Å². The number of aliphatic hydroxyl groups excluding tert-OH is 1. The van der Waals surface area contributed by atoms with Crippen molar-refractivity contribution in [3.05, 3.63) is 0 Å². The summed E-state index contributed by atoms with van der Waals surface area (Å²) < 4.78 is 68.3. The monoisotopic (exact) mass is 1350 g/mol. The summed E-state index contributed by atoms with van der Waals surface area (Å²) in [7, 11) is -9.90. The number of carbonyl (C=O) groups is 4. The van der Waals surface area contributed by atoms with E-state index < -0.39 is 97.5 Å². The molecule has 0 aliphatic heterocycles. The normalized spacial score (nSPS) is 14.1. The standard InChI is InChI=1S/C73H142O17P2/c1-8-9-10-11-30-40-47-54-70(75)83-60-68(90-73(78)57-50-43-36-29-28-33-39-46-53-66(6)7)62-87-91(79,80)85-58-67(74)59-86-92(81,82)88-63-69(61-84-71(76)55-48-41-34-26-22-19-18-21-25-32-38-45-52-65(4)5)89-72(77)56-49-42-35-27-23-17-15-13-12-14-16-20-24-31-37-44-51-64(2)3/h64-69,74H,8-63H2,1-7H3,(H,79,80)(H,81,82)/t67-,68+,69+/m0/s1. The molecule has 2 unspecified atom stereocenters. The lowest BCUT2D eigenvalue weighted by Gasteiger charge is -2.21. The molecule has 0 heterocycles. The summed E-state index contributed by atoms with van der Waals surface area (Å²) in [5, 5.41) is 10.6. The van der Waals surface area contributed by atoms with Crippen LogP contribution in [0, 0.1) is 17.8 Å². The second kappa shape index (κ2) is 63.8. The molecule has 0 aliphatic carbocycles. The van der Waals surface area contributed by atoms with Crippen LogP contribution in [0.2, 0.25) is 0 Å². The van der Waals surface area contributed by atoms with Gasteiger partial charge >= 0.3 is 39.5 Å². The number of unbranched alkanes of at least 4 members (excludes halogenated alkanes) is 39. The van der Waals surface area contributed by atoms with Crippen LogP contribution in [-0.2, 0) is 65.4 Å². The highest BCUT2D eigenvalue weighted by atomic mass is 31.2. The van der Waals surface area contributed by atoms with Crippen LogP contribution >= 0.6 is 15.6 Å². The van der Waals surface area contributed by atoms with E-state index in [1.54, 1.807) is 0 Å². The van der Waals surface area contributed by atoms with Crippen molar-refractivity contribution in [1.82, 2.24) is 0 Å².